The van der Waals surface area contributed by atoms with Crippen LogP contribution in [0.3, 0.4) is 0 Å². The summed E-state index contributed by atoms with van der Waals surface area (Å²) in [7, 11) is 1.57. The van der Waals surface area contributed by atoms with Crippen LogP contribution in [0.2, 0.25) is 0 Å². The first kappa shape index (κ1) is 16.9. The van der Waals surface area contributed by atoms with Crippen molar-refractivity contribution in [2.24, 2.45) is 0 Å². The van der Waals surface area contributed by atoms with E-state index in [2.05, 4.69) is 11.2 Å². The summed E-state index contributed by atoms with van der Waals surface area (Å²) in [5.41, 5.74) is 0.651. The molecule has 1 fully saturated rings. The molecule has 1 aliphatic rings. The molecule has 126 valence electrons. The lowest BCUT2D eigenvalue weighted by molar-refractivity contribution is -0.132. The predicted octanol–water partition coefficient (Wildman–Crippen LogP) is 3.18. The summed E-state index contributed by atoms with van der Waals surface area (Å²) in [6.07, 6.45) is 0.145. The number of hydrogen-bond acceptors (Lipinski definition) is 5. The Balaban J connectivity index is 2.04. The highest BCUT2D eigenvalue weighted by Gasteiger charge is 2.39. The Morgan fingerprint density at radius 3 is 2.88 bits per heavy atom. The highest BCUT2D eigenvalue weighted by molar-refractivity contribution is 7.11. The fourth-order valence-electron chi connectivity index (χ4n) is 2.79. The first-order chi connectivity index (χ1) is 11.9. The highest BCUT2D eigenvalue weighted by Crippen LogP contribution is 2.39. The summed E-state index contributed by atoms with van der Waals surface area (Å²) >= 11 is 0.959. The average Bonchev–Trinajstić information content (AvgIpc) is 3.01. The molecule has 1 saturated heterocycles. The van der Waals surface area contributed by atoms with Crippen LogP contribution in [-0.2, 0) is 10.3 Å². The van der Waals surface area contributed by atoms with Crippen LogP contribution in [0.25, 0.3) is 11.1 Å². The van der Waals surface area contributed by atoms with Gasteiger partial charge in [0.15, 0.2) is 11.0 Å². The van der Waals surface area contributed by atoms with Crippen LogP contribution in [0, 0.1) is 21.9 Å². The Labute approximate surface area is 148 Å². The number of carbonyl (C=O) groups excluding carboxylic acids is 1. The van der Waals surface area contributed by atoms with Crippen LogP contribution in [0.15, 0.2) is 36.2 Å². The Bertz CT molecular complexity index is 954. The van der Waals surface area contributed by atoms with Crippen molar-refractivity contribution in [1.82, 2.24) is 10.2 Å². The molecule has 2 aromatic rings. The van der Waals surface area contributed by atoms with E-state index in [0.717, 1.165) is 11.3 Å². The van der Waals surface area contributed by atoms with Gasteiger partial charge in [-0.2, -0.15) is 9.65 Å². The summed E-state index contributed by atoms with van der Waals surface area (Å²) in [6, 6.07) is 10.5. The topological polar surface area (TPSA) is 80.0 Å². The normalized spacial score (nSPS) is 20.0. The van der Waals surface area contributed by atoms with Crippen molar-refractivity contribution in [2.75, 3.05) is 7.05 Å². The molecule has 1 aromatic carbocycles. The zero-order chi connectivity index (χ0) is 18.2. The summed E-state index contributed by atoms with van der Waals surface area (Å²) in [5.74, 6) is 2.29. The second kappa shape index (κ2) is 6.17. The Kier molecular flexibility index (Phi) is 4.17. The third-order valence-electron chi connectivity index (χ3n) is 4.26. The Morgan fingerprint density at radius 2 is 2.20 bits per heavy atom. The van der Waals surface area contributed by atoms with Gasteiger partial charge in [0.05, 0.1) is 23.6 Å². The van der Waals surface area contributed by atoms with Crippen LogP contribution in [0.5, 0.6) is 0 Å². The molecule has 0 aliphatic carbocycles. The first-order valence-corrected chi connectivity index (χ1v) is 8.34. The van der Waals surface area contributed by atoms with E-state index in [9.17, 15) is 9.18 Å². The van der Waals surface area contributed by atoms with Crippen LogP contribution in [0.4, 0.5) is 4.39 Å². The van der Waals surface area contributed by atoms with Crippen LogP contribution in [-0.4, -0.2) is 23.7 Å². The molecule has 1 aromatic heterocycles. The molecule has 1 aliphatic heterocycles. The third-order valence-corrected chi connectivity index (χ3v) is 5.45. The molecule has 0 saturated carbocycles. The second-order valence-electron chi connectivity index (χ2n) is 6.05. The first-order valence-electron chi connectivity index (χ1n) is 7.53. The molecule has 7 heteroatoms. The molecule has 5 nitrogen and oxygen atoms in total. The third kappa shape index (κ3) is 2.93. The minimum absolute atomic E-state index is 0.145. The average molecular weight is 354 g/mol. The van der Waals surface area contributed by atoms with Gasteiger partial charge >= 0.3 is 0 Å². The molecule has 1 amide bonds. The SMILES string of the molecule is CN1C(=O)C[C@@](C)(c2cc(-c3cccc(C#N)c3)c(F)s2)NC1=C=N. The molecule has 0 radical (unpaired) electrons. The number of rotatable bonds is 2. The lowest BCUT2D eigenvalue weighted by Gasteiger charge is -2.39. The number of nitrogens with zero attached hydrogens (tertiary/aromatic N) is 2. The van der Waals surface area contributed by atoms with Gasteiger partial charge in [0.25, 0.3) is 0 Å². The van der Waals surface area contributed by atoms with Crippen molar-refractivity contribution in [2.45, 2.75) is 18.9 Å². The van der Waals surface area contributed by atoms with Crippen molar-refractivity contribution in [1.29, 1.82) is 10.7 Å². The Hall–Kier alpha value is -2.94. The smallest absolute Gasteiger partial charge is 0.231 e. The van der Waals surface area contributed by atoms with E-state index in [1.165, 1.54) is 4.90 Å². The van der Waals surface area contributed by atoms with E-state index in [4.69, 9.17) is 10.7 Å². The van der Waals surface area contributed by atoms with E-state index in [0.29, 0.717) is 21.6 Å². The molecule has 3 rings (SSSR count). The lowest BCUT2D eigenvalue weighted by Crippen LogP contribution is -2.52. The highest BCUT2D eigenvalue weighted by atomic mass is 32.1. The van der Waals surface area contributed by atoms with Gasteiger partial charge in [0.1, 0.15) is 0 Å². The number of benzene rings is 1. The van der Waals surface area contributed by atoms with Gasteiger partial charge in [-0.05, 0) is 30.7 Å². The molecule has 25 heavy (non-hydrogen) atoms. The zero-order valence-electron chi connectivity index (χ0n) is 13.7. The summed E-state index contributed by atoms with van der Waals surface area (Å²) in [4.78, 5) is 14.2. The number of carbonyl (C=O) groups is 1. The maximum Gasteiger partial charge on any atom is 0.231 e. The van der Waals surface area contributed by atoms with Crippen LogP contribution < -0.4 is 5.32 Å². The van der Waals surface area contributed by atoms with Crippen molar-refractivity contribution >= 4 is 23.1 Å². The van der Waals surface area contributed by atoms with Crippen molar-refractivity contribution < 1.29 is 9.18 Å². The number of nitrogens with one attached hydrogen (secondary N) is 2. The number of amides is 1. The fraction of sp³-hybridized carbons (Fsp3) is 0.222. The molecule has 2 N–H and O–H groups in total. The van der Waals surface area contributed by atoms with Gasteiger partial charge in [-0.25, -0.2) is 0 Å². The predicted molar refractivity (Wildman–Crippen MR) is 93.5 cm³/mol. The van der Waals surface area contributed by atoms with E-state index in [1.54, 1.807) is 44.3 Å². The van der Waals surface area contributed by atoms with Crippen molar-refractivity contribution in [3.63, 3.8) is 0 Å². The zero-order valence-corrected chi connectivity index (χ0v) is 14.5. The molecule has 2 heterocycles. The van der Waals surface area contributed by atoms with Gasteiger partial charge in [-0.1, -0.05) is 12.1 Å². The van der Waals surface area contributed by atoms with Gasteiger partial charge in [0.2, 0.25) is 5.91 Å². The molecule has 1 atom stereocenters. The lowest BCUT2D eigenvalue weighted by atomic mass is 9.91. The maximum atomic E-state index is 14.6. The van der Waals surface area contributed by atoms with E-state index < -0.39 is 5.54 Å². The summed E-state index contributed by atoms with van der Waals surface area (Å²) in [6.45, 7) is 1.80. The van der Waals surface area contributed by atoms with Crippen LogP contribution >= 0.6 is 11.3 Å². The number of halogens is 1. The molecular weight excluding hydrogens is 339 g/mol. The minimum Gasteiger partial charge on any atom is -0.353 e. The Morgan fingerprint density at radius 1 is 1.44 bits per heavy atom. The number of thiophene rings is 1. The van der Waals surface area contributed by atoms with Gasteiger partial charge < -0.3 is 5.32 Å². The van der Waals surface area contributed by atoms with E-state index >= 15 is 0 Å². The standard InChI is InChI=1S/C18H15FN4OS/c1-18(8-16(24)23(2)15(10-21)22-18)14-7-13(17(19)25-14)12-5-3-4-11(6-12)9-20/h3-7,21-22H,8H2,1-2H3/t18-/m0/s1. The van der Waals surface area contributed by atoms with Crippen molar-refractivity contribution in [3.05, 3.63) is 51.7 Å². The van der Waals surface area contributed by atoms with Gasteiger partial charge in [-0.15, -0.1) is 11.3 Å². The summed E-state index contributed by atoms with van der Waals surface area (Å²) in [5, 5.41) is 19.1. The largest absolute Gasteiger partial charge is 0.353 e. The monoisotopic (exact) mass is 354 g/mol. The molecule has 0 spiro atoms. The summed E-state index contributed by atoms with van der Waals surface area (Å²) < 4.78 is 14.6. The van der Waals surface area contributed by atoms with E-state index in [-0.39, 0.29) is 23.3 Å². The van der Waals surface area contributed by atoms with Crippen molar-refractivity contribution in [3.8, 4) is 17.2 Å². The fourth-order valence-corrected chi connectivity index (χ4v) is 3.80. The number of nitriles is 1. The quantitative estimate of drug-likeness (QED) is 0.813. The molecule has 0 unspecified atom stereocenters. The number of hydrogen-bond donors (Lipinski definition) is 2. The van der Waals surface area contributed by atoms with E-state index in [1.807, 2.05) is 6.07 Å². The van der Waals surface area contributed by atoms with Crippen LogP contribution in [0.1, 0.15) is 23.8 Å². The molecule has 0 bridgehead atoms. The molecular formula is C18H15FN4OS. The van der Waals surface area contributed by atoms with Gasteiger partial charge in [0, 0.05) is 23.4 Å². The van der Waals surface area contributed by atoms with Gasteiger partial charge in [-0.3, -0.25) is 15.1 Å². The second-order valence-corrected chi connectivity index (χ2v) is 7.05. The maximum absolute atomic E-state index is 14.6. The minimum atomic E-state index is -0.816.